The molecule has 1 heterocycles. The minimum atomic E-state index is -0.0954. The highest BCUT2D eigenvalue weighted by molar-refractivity contribution is 6.05. The Morgan fingerprint density at radius 1 is 1.28 bits per heavy atom. The Labute approximate surface area is 109 Å². The fourth-order valence-electron chi connectivity index (χ4n) is 2.46. The summed E-state index contributed by atoms with van der Waals surface area (Å²) in [6.07, 6.45) is 0.814. The standard InChI is InChI=1S/C15H22N2O/c1-6-12-15(18)17(9(2)3)14-8-11(5)10(4)7-13(14)16-12/h7-9,12,16H,6H2,1-5H3. The molecule has 1 atom stereocenters. The first kappa shape index (κ1) is 12.9. The fraction of sp³-hybridized carbons (Fsp3) is 0.533. The lowest BCUT2D eigenvalue weighted by Crippen LogP contribution is -2.50. The van der Waals surface area contributed by atoms with E-state index in [2.05, 4.69) is 45.1 Å². The maximum atomic E-state index is 12.4. The van der Waals surface area contributed by atoms with E-state index in [0.717, 1.165) is 17.8 Å². The highest BCUT2D eigenvalue weighted by Crippen LogP contribution is 2.35. The van der Waals surface area contributed by atoms with Crippen LogP contribution in [0.4, 0.5) is 11.4 Å². The van der Waals surface area contributed by atoms with Gasteiger partial charge in [-0.15, -0.1) is 0 Å². The van der Waals surface area contributed by atoms with E-state index < -0.39 is 0 Å². The lowest BCUT2D eigenvalue weighted by molar-refractivity contribution is -0.120. The molecule has 3 heteroatoms. The smallest absolute Gasteiger partial charge is 0.249 e. The number of carbonyl (C=O) groups excluding carboxylic acids is 1. The molecule has 1 aliphatic rings. The van der Waals surface area contributed by atoms with Gasteiger partial charge in [-0.1, -0.05) is 6.92 Å². The molecule has 0 aliphatic carbocycles. The van der Waals surface area contributed by atoms with E-state index in [1.165, 1.54) is 11.1 Å². The van der Waals surface area contributed by atoms with E-state index in [9.17, 15) is 4.79 Å². The van der Waals surface area contributed by atoms with Crippen LogP contribution >= 0.6 is 0 Å². The first-order valence-corrected chi connectivity index (χ1v) is 6.66. The van der Waals surface area contributed by atoms with Crippen LogP contribution in [0.15, 0.2) is 12.1 Å². The number of rotatable bonds is 2. The van der Waals surface area contributed by atoms with Crippen LogP contribution in [0, 0.1) is 13.8 Å². The number of fused-ring (bicyclic) bond motifs is 1. The van der Waals surface area contributed by atoms with Crippen molar-refractivity contribution in [2.45, 2.75) is 53.1 Å². The Kier molecular flexibility index (Phi) is 3.33. The Morgan fingerprint density at radius 2 is 1.89 bits per heavy atom. The second kappa shape index (κ2) is 4.63. The van der Waals surface area contributed by atoms with E-state index in [1.54, 1.807) is 0 Å². The first-order chi connectivity index (χ1) is 8.45. The normalized spacial score (nSPS) is 18.9. The third-order valence-corrected chi connectivity index (χ3v) is 3.66. The molecule has 1 aliphatic heterocycles. The van der Waals surface area contributed by atoms with Crippen LogP contribution in [0.5, 0.6) is 0 Å². The van der Waals surface area contributed by atoms with Crippen molar-refractivity contribution in [3.63, 3.8) is 0 Å². The van der Waals surface area contributed by atoms with Crippen LogP contribution < -0.4 is 10.2 Å². The Morgan fingerprint density at radius 3 is 2.44 bits per heavy atom. The minimum Gasteiger partial charge on any atom is -0.372 e. The number of carbonyl (C=O) groups is 1. The maximum absolute atomic E-state index is 12.4. The van der Waals surface area contributed by atoms with E-state index in [0.29, 0.717) is 0 Å². The van der Waals surface area contributed by atoms with Gasteiger partial charge in [0.05, 0.1) is 11.4 Å². The number of aryl methyl sites for hydroxylation is 2. The largest absolute Gasteiger partial charge is 0.372 e. The van der Waals surface area contributed by atoms with Crippen LogP contribution in [0.2, 0.25) is 0 Å². The van der Waals surface area contributed by atoms with Crippen molar-refractivity contribution in [2.75, 3.05) is 10.2 Å². The zero-order chi connectivity index (χ0) is 13.4. The lowest BCUT2D eigenvalue weighted by atomic mass is 10.0. The van der Waals surface area contributed by atoms with Crippen LogP contribution in [-0.4, -0.2) is 18.0 Å². The molecule has 1 unspecified atom stereocenters. The zero-order valence-corrected chi connectivity index (χ0v) is 11.9. The molecule has 1 N–H and O–H groups in total. The number of amides is 1. The Balaban J connectivity index is 2.56. The summed E-state index contributed by atoms with van der Waals surface area (Å²) in [5, 5.41) is 3.36. The molecule has 2 rings (SSSR count). The number of hydrogen-bond donors (Lipinski definition) is 1. The van der Waals surface area contributed by atoms with E-state index in [4.69, 9.17) is 0 Å². The maximum Gasteiger partial charge on any atom is 0.249 e. The van der Waals surface area contributed by atoms with Crippen LogP contribution in [-0.2, 0) is 4.79 Å². The molecule has 0 bridgehead atoms. The van der Waals surface area contributed by atoms with Gasteiger partial charge in [-0.05, 0) is 57.4 Å². The van der Waals surface area contributed by atoms with Crippen LogP contribution in [0.3, 0.4) is 0 Å². The molecule has 0 spiro atoms. The molecular weight excluding hydrogens is 224 g/mol. The van der Waals surface area contributed by atoms with E-state index in [1.807, 2.05) is 11.8 Å². The number of nitrogens with one attached hydrogen (secondary N) is 1. The molecule has 1 amide bonds. The topological polar surface area (TPSA) is 32.3 Å². The number of anilines is 2. The second-order valence-electron chi connectivity index (χ2n) is 5.36. The van der Waals surface area contributed by atoms with Crippen LogP contribution in [0.1, 0.15) is 38.3 Å². The summed E-state index contributed by atoms with van der Waals surface area (Å²) in [6.45, 7) is 10.4. The van der Waals surface area contributed by atoms with E-state index >= 15 is 0 Å². The molecule has 1 aromatic carbocycles. The van der Waals surface area contributed by atoms with Gasteiger partial charge < -0.3 is 10.2 Å². The summed E-state index contributed by atoms with van der Waals surface area (Å²) >= 11 is 0. The zero-order valence-electron chi connectivity index (χ0n) is 11.9. The van der Waals surface area contributed by atoms with Gasteiger partial charge in [0.2, 0.25) is 5.91 Å². The molecule has 0 radical (unpaired) electrons. The molecule has 3 nitrogen and oxygen atoms in total. The predicted octanol–water partition coefficient (Wildman–Crippen LogP) is 3.25. The van der Waals surface area contributed by atoms with Gasteiger partial charge in [0.1, 0.15) is 6.04 Å². The molecule has 0 saturated heterocycles. The van der Waals surface area contributed by atoms with Gasteiger partial charge in [0.25, 0.3) is 0 Å². The lowest BCUT2D eigenvalue weighted by Gasteiger charge is -2.38. The van der Waals surface area contributed by atoms with Crippen molar-refractivity contribution in [3.8, 4) is 0 Å². The average Bonchev–Trinajstić information content (AvgIpc) is 2.30. The Hall–Kier alpha value is -1.51. The van der Waals surface area contributed by atoms with Gasteiger partial charge >= 0.3 is 0 Å². The highest BCUT2D eigenvalue weighted by atomic mass is 16.2. The summed E-state index contributed by atoms with van der Waals surface area (Å²) in [7, 11) is 0. The summed E-state index contributed by atoms with van der Waals surface area (Å²) in [6, 6.07) is 4.35. The first-order valence-electron chi connectivity index (χ1n) is 6.66. The predicted molar refractivity (Wildman–Crippen MR) is 76.2 cm³/mol. The molecular formula is C15H22N2O. The fourth-order valence-corrected chi connectivity index (χ4v) is 2.46. The molecule has 98 valence electrons. The SMILES string of the molecule is CCC1Nc2cc(C)c(C)cc2N(C(C)C)C1=O. The molecule has 1 aromatic rings. The van der Waals surface area contributed by atoms with Crippen molar-refractivity contribution in [2.24, 2.45) is 0 Å². The Bertz CT molecular complexity index is 480. The molecule has 18 heavy (non-hydrogen) atoms. The number of hydrogen-bond acceptors (Lipinski definition) is 2. The summed E-state index contributed by atoms with van der Waals surface area (Å²) < 4.78 is 0. The van der Waals surface area contributed by atoms with E-state index in [-0.39, 0.29) is 18.0 Å². The van der Waals surface area contributed by atoms with Crippen molar-refractivity contribution in [3.05, 3.63) is 23.3 Å². The summed E-state index contributed by atoms with van der Waals surface area (Å²) in [4.78, 5) is 14.3. The summed E-state index contributed by atoms with van der Waals surface area (Å²) in [5.41, 5.74) is 4.58. The average molecular weight is 246 g/mol. The number of nitrogens with zero attached hydrogens (tertiary/aromatic N) is 1. The second-order valence-corrected chi connectivity index (χ2v) is 5.36. The van der Waals surface area contributed by atoms with Gasteiger partial charge in [-0.25, -0.2) is 0 Å². The molecule has 0 fully saturated rings. The van der Waals surface area contributed by atoms with Crippen molar-refractivity contribution < 1.29 is 4.79 Å². The summed E-state index contributed by atoms with van der Waals surface area (Å²) in [5.74, 6) is 0.184. The quantitative estimate of drug-likeness (QED) is 0.868. The molecule has 0 aromatic heterocycles. The van der Waals surface area contributed by atoms with Gasteiger partial charge in [-0.3, -0.25) is 4.79 Å². The third kappa shape index (κ3) is 1.98. The third-order valence-electron chi connectivity index (χ3n) is 3.66. The molecule has 0 saturated carbocycles. The van der Waals surface area contributed by atoms with Crippen LogP contribution in [0.25, 0.3) is 0 Å². The van der Waals surface area contributed by atoms with Crippen molar-refractivity contribution in [1.29, 1.82) is 0 Å². The number of benzene rings is 1. The van der Waals surface area contributed by atoms with Crippen molar-refractivity contribution >= 4 is 17.3 Å². The van der Waals surface area contributed by atoms with Crippen molar-refractivity contribution in [1.82, 2.24) is 0 Å². The van der Waals surface area contributed by atoms with Gasteiger partial charge in [0, 0.05) is 6.04 Å². The monoisotopic (exact) mass is 246 g/mol. The highest BCUT2D eigenvalue weighted by Gasteiger charge is 2.33. The van der Waals surface area contributed by atoms with Gasteiger partial charge in [0.15, 0.2) is 0 Å². The van der Waals surface area contributed by atoms with Gasteiger partial charge in [-0.2, -0.15) is 0 Å². The minimum absolute atomic E-state index is 0.0954.